The summed E-state index contributed by atoms with van der Waals surface area (Å²) in [5.41, 5.74) is 0. The van der Waals surface area contributed by atoms with Crippen LogP contribution < -0.4 is 59.1 Å². The Labute approximate surface area is 161 Å². The summed E-state index contributed by atoms with van der Waals surface area (Å²) >= 11 is 0. The van der Waals surface area contributed by atoms with Crippen molar-refractivity contribution in [1.29, 1.82) is 0 Å². The molecule has 0 atom stereocenters. The average molecular weight is 336 g/mol. The summed E-state index contributed by atoms with van der Waals surface area (Å²) in [6, 6.07) is 0. The van der Waals surface area contributed by atoms with E-state index in [9.17, 15) is 25.9 Å². The maximum absolute atomic E-state index is 10.2. The van der Waals surface area contributed by atoms with Gasteiger partial charge in [-0.05, 0) is 25.7 Å². The summed E-state index contributed by atoms with van der Waals surface area (Å²) in [4.78, 5) is 0. The Morgan fingerprint density at radius 3 is 1.32 bits per heavy atom. The van der Waals surface area contributed by atoms with Gasteiger partial charge in [0.1, 0.15) is 0 Å². The van der Waals surface area contributed by atoms with Crippen LogP contribution in [0.3, 0.4) is 0 Å². The fourth-order valence-corrected chi connectivity index (χ4v) is 2.18. The van der Waals surface area contributed by atoms with Crippen molar-refractivity contribution in [2.75, 3.05) is 24.7 Å². The smallest absolute Gasteiger partial charge is 1.00 e. The van der Waals surface area contributed by atoms with Crippen LogP contribution in [0.4, 0.5) is 0 Å². The third-order valence-corrected chi connectivity index (χ3v) is 3.44. The fraction of sp³-hybridized carbons (Fsp3) is 1.00. The molecule has 0 saturated carbocycles. The quantitative estimate of drug-likeness (QED) is 0.221. The van der Waals surface area contributed by atoms with Gasteiger partial charge in [0.2, 0.25) is 0 Å². The second-order valence-corrected chi connectivity index (χ2v) is 6.60. The van der Waals surface area contributed by atoms with Gasteiger partial charge in [0.25, 0.3) is 0 Å². The predicted octanol–water partition coefficient (Wildman–Crippen LogP) is -6.11. The molecule has 0 amide bonds. The van der Waals surface area contributed by atoms with E-state index in [0.717, 1.165) is 0 Å². The predicted molar refractivity (Wildman–Crippen MR) is 60.6 cm³/mol. The van der Waals surface area contributed by atoms with Gasteiger partial charge in [-0.15, -0.1) is 0 Å². The Morgan fingerprint density at radius 2 is 1.05 bits per heavy atom. The molecule has 0 unspecified atom stereocenters. The Balaban J connectivity index is -0.000000213. The van der Waals surface area contributed by atoms with Crippen LogP contribution in [0.5, 0.6) is 0 Å². The monoisotopic (exact) mass is 336 g/mol. The third-order valence-electron chi connectivity index (χ3n) is 1.87. The zero-order chi connectivity index (χ0) is 13.4. The van der Waals surface area contributed by atoms with Crippen LogP contribution in [-0.4, -0.2) is 50.7 Å². The van der Waals surface area contributed by atoms with Gasteiger partial charge < -0.3 is 16.7 Å². The first-order valence-electron chi connectivity index (χ1n) is 5.15. The van der Waals surface area contributed by atoms with Crippen molar-refractivity contribution >= 4 is 20.2 Å². The maximum Gasteiger partial charge on any atom is 1.00 e. The molecule has 108 valence electrons. The van der Waals surface area contributed by atoms with E-state index in [1.54, 1.807) is 0 Å². The van der Waals surface area contributed by atoms with Crippen LogP contribution in [0.15, 0.2) is 0 Å². The van der Waals surface area contributed by atoms with Gasteiger partial charge in [-0.1, -0.05) is 0 Å². The molecule has 0 bridgehead atoms. The molecule has 0 radical (unpaired) electrons. The molecule has 7 nitrogen and oxygen atoms in total. The van der Waals surface area contributed by atoms with E-state index in [2.05, 4.69) is 0 Å². The molecule has 0 fully saturated rings. The molecule has 0 rings (SSSR count). The first kappa shape index (κ1) is 25.7. The summed E-state index contributed by atoms with van der Waals surface area (Å²) in [5.74, 6) is -0.796. The molecule has 0 aromatic rings. The summed E-state index contributed by atoms with van der Waals surface area (Å²) in [7, 11) is -8.30. The molecule has 0 spiro atoms. The van der Waals surface area contributed by atoms with Crippen LogP contribution in [0.1, 0.15) is 28.5 Å². The average Bonchev–Trinajstić information content (AvgIpc) is 2.11. The van der Waals surface area contributed by atoms with Crippen LogP contribution in [-0.2, 0) is 25.0 Å². The molecule has 0 saturated heterocycles. The van der Waals surface area contributed by atoms with Gasteiger partial charge in [0, 0.05) is 24.7 Å². The Hall–Kier alpha value is 1.78. The Kier molecular flexibility index (Phi) is 18.2. The van der Waals surface area contributed by atoms with E-state index in [1.165, 1.54) is 0 Å². The Bertz CT molecular complexity index is 365. The number of rotatable bonds is 10. The minimum absolute atomic E-state index is 0. The number of ether oxygens (including phenoxy) is 1. The van der Waals surface area contributed by atoms with Crippen LogP contribution in [0, 0.1) is 0 Å². The molecule has 0 aliphatic heterocycles. The summed E-state index contributed by atoms with van der Waals surface area (Å²) in [5, 5.41) is 0. The van der Waals surface area contributed by atoms with E-state index in [0.29, 0.717) is 26.1 Å². The standard InChI is InChI=1S/C8H18O7S2.2Na.2H/c9-16(10,11)7-3-1-5-15-6-2-4-8-17(12,13)14;;;;/h1-8H2,(H,9,10,11)(H,12,13,14);;;;/q;2*+1;2*-1/p-2. The number of hydrogen-bond donors (Lipinski definition) is 0. The Morgan fingerprint density at radius 1 is 0.737 bits per heavy atom. The first-order valence-corrected chi connectivity index (χ1v) is 8.31. The molecule has 0 aliphatic carbocycles. The fourth-order valence-electron chi connectivity index (χ4n) is 1.07. The van der Waals surface area contributed by atoms with Gasteiger partial charge in [0.05, 0.1) is 20.2 Å². The van der Waals surface area contributed by atoms with E-state index in [-0.39, 0.29) is 74.8 Å². The van der Waals surface area contributed by atoms with Crippen molar-refractivity contribution in [3.8, 4) is 0 Å². The van der Waals surface area contributed by atoms with Crippen molar-refractivity contribution in [3.63, 3.8) is 0 Å². The minimum Gasteiger partial charge on any atom is -1.00 e. The largest absolute Gasteiger partial charge is 1.00 e. The van der Waals surface area contributed by atoms with E-state index in [4.69, 9.17) is 4.74 Å². The zero-order valence-electron chi connectivity index (χ0n) is 13.3. The molecule has 19 heavy (non-hydrogen) atoms. The molecular weight excluding hydrogens is 318 g/mol. The summed E-state index contributed by atoms with van der Waals surface area (Å²) < 4.78 is 66.4. The number of unbranched alkanes of at least 4 members (excludes halogenated alkanes) is 2. The second kappa shape index (κ2) is 13.4. The van der Waals surface area contributed by atoms with Gasteiger partial charge >= 0.3 is 59.1 Å². The van der Waals surface area contributed by atoms with Gasteiger partial charge in [-0.3, -0.25) is 0 Å². The normalized spacial score (nSPS) is 11.5. The third kappa shape index (κ3) is 25.1. The first-order chi connectivity index (χ1) is 7.71. The minimum atomic E-state index is -4.15. The SMILES string of the molecule is O=S(=O)([O-])CCCCOCCCCS(=O)(=O)[O-].[H-].[H-].[Na+].[Na+]. The topological polar surface area (TPSA) is 124 Å². The van der Waals surface area contributed by atoms with Crippen molar-refractivity contribution in [3.05, 3.63) is 0 Å². The summed E-state index contributed by atoms with van der Waals surface area (Å²) in [6.07, 6.45) is 1.42. The van der Waals surface area contributed by atoms with Crippen molar-refractivity contribution in [2.45, 2.75) is 25.7 Å². The summed E-state index contributed by atoms with van der Waals surface area (Å²) in [6.45, 7) is 0.638. The molecule has 0 aromatic carbocycles. The van der Waals surface area contributed by atoms with Crippen LogP contribution >= 0.6 is 0 Å². The molecular formula is C8H18Na2O7S2-2. The van der Waals surface area contributed by atoms with Crippen molar-refractivity contribution < 1.29 is 92.6 Å². The molecule has 0 aliphatic rings. The van der Waals surface area contributed by atoms with Crippen molar-refractivity contribution in [2.24, 2.45) is 0 Å². The molecule has 11 heteroatoms. The van der Waals surface area contributed by atoms with E-state index < -0.39 is 31.7 Å². The van der Waals surface area contributed by atoms with Gasteiger partial charge in [-0.25, -0.2) is 16.8 Å². The molecule has 0 aromatic heterocycles. The van der Waals surface area contributed by atoms with E-state index in [1.807, 2.05) is 0 Å². The second-order valence-electron chi connectivity index (χ2n) is 3.55. The van der Waals surface area contributed by atoms with Gasteiger partial charge in [-0.2, -0.15) is 0 Å². The maximum atomic E-state index is 10.2. The molecule has 0 N–H and O–H groups in total. The van der Waals surface area contributed by atoms with Gasteiger partial charge in [0.15, 0.2) is 0 Å². The van der Waals surface area contributed by atoms with Crippen LogP contribution in [0.25, 0.3) is 0 Å². The van der Waals surface area contributed by atoms with E-state index >= 15 is 0 Å². The zero-order valence-corrected chi connectivity index (χ0v) is 17.0. The molecule has 0 heterocycles. The number of hydrogen-bond acceptors (Lipinski definition) is 7. The van der Waals surface area contributed by atoms with Crippen molar-refractivity contribution in [1.82, 2.24) is 0 Å². The van der Waals surface area contributed by atoms with Crippen LogP contribution in [0.2, 0.25) is 0 Å².